The van der Waals surface area contributed by atoms with Crippen molar-refractivity contribution >= 4 is 16.7 Å². The van der Waals surface area contributed by atoms with Gasteiger partial charge in [0.15, 0.2) is 0 Å². The molecule has 0 spiro atoms. The van der Waals surface area contributed by atoms with Crippen LogP contribution in [0.15, 0.2) is 47.4 Å². The monoisotopic (exact) mass is 305 g/mol. The lowest BCUT2D eigenvalue weighted by Crippen LogP contribution is -2.22. The zero-order valence-electron chi connectivity index (χ0n) is 11.9. The molecule has 2 aromatic carbocycles. The Morgan fingerprint density at radius 1 is 1.19 bits per heavy atom. The minimum Gasteiger partial charge on any atom is -0.348 e. The fourth-order valence-electron chi connectivity index (χ4n) is 1.90. The van der Waals surface area contributed by atoms with Crippen LogP contribution in [0, 0.1) is 12.7 Å². The molecule has 0 aliphatic carbocycles. The van der Waals surface area contributed by atoms with E-state index in [9.17, 15) is 13.4 Å². The molecule has 2 aromatic rings. The molecule has 21 heavy (non-hydrogen) atoms. The summed E-state index contributed by atoms with van der Waals surface area (Å²) in [5.74, 6) is -0.473. The predicted molar refractivity (Wildman–Crippen MR) is 81.1 cm³/mol. The number of nitrogens with one attached hydrogen (secondary N) is 1. The quantitative estimate of drug-likeness (QED) is 0.944. The summed E-state index contributed by atoms with van der Waals surface area (Å²) in [6.07, 6.45) is 1.59. The third-order valence-electron chi connectivity index (χ3n) is 3.12. The fourth-order valence-corrected chi connectivity index (χ4v) is 2.42. The zero-order chi connectivity index (χ0) is 15.4. The van der Waals surface area contributed by atoms with E-state index in [2.05, 4.69) is 5.32 Å². The summed E-state index contributed by atoms with van der Waals surface area (Å²) < 4.78 is 24.4. The van der Waals surface area contributed by atoms with Gasteiger partial charge in [-0.1, -0.05) is 12.1 Å². The molecule has 3 nitrogen and oxygen atoms in total. The van der Waals surface area contributed by atoms with Crippen LogP contribution in [0.4, 0.5) is 4.39 Å². The van der Waals surface area contributed by atoms with Crippen LogP contribution in [0.3, 0.4) is 0 Å². The minimum atomic E-state index is -1.06. The summed E-state index contributed by atoms with van der Waals surface area (Å²) in [6, 6.07) is 11.4. The summed E-state index contributed by atoms with van der Waals surface area (Å²) >= 11 is 0. The number of carbonyl (C=O) groups excluding carboxylic acids is 1. The Labute approximate surface area is 125 Å². The highest BCUT2D eigenvalue weighted by Gasteiger charge is 2.07. The molecule has 1 atom stereocenters. The van der Waals surface area contributed by atoms with Gasteiger partial charge in [0.25, 0.3) is 5.91 Å². The molecule has 2 rings (SSSR count). The number of aryl methyl sites for hydroxylation is 1. The minimum absolute atomic E-state index is 0.217. The standard InChI is InChI=1S/C16H16FNO2S/c1-11-9-12(3-8-15(11)17)10-18-16(19)13-4-6-14(7-5-13)21(2)20/h3-9H,10H2,1-2H3,(H,18,19). The summed E-state index contributed by atoms with van der Waals surface area (Å²) in [5, 5.41) is 2.77. The Morgan fingerprint density at radius 3 is 2.43 bits per heavy atom. The number of rotatable bonds is 4. The molecule has 0 aliphatic heterocycles. The van der Waals surface area contributed by atoms with E-state index in [0.29, 0.717) is 22.6 Å². The molecular weight excluding hydrogens is 289 g/mol. The average molecular weight is 305 g/mol. The first-order valence-electron chi connectivity index (χ1n) is 6.44. The summed E-state index contributed by atoms with van der Waals surface area (Å²) in [7, 11) is -1.06. The predicted octanol–water partition coefficient (Wildman–Crippen LogP) is 2.80. The molecule has 1 N–H and O–H groups in total. The maximum Gasteiger partial charge on any atom is 0.251 e. The van der Waals surface area contributed by atoms with Crippen LogP contribution >= 0.6 is 0 Å². The molecule has 0 radical (unpaired) electrons. The van der Waals surface area contributed by atoms with Crippen molar-refractivity contribution in [1.82, 2.24) is 5.32 Å². The van der Waals surface area contributed by atoms with Crippen molar-refractivity contribution in [2.75, 3.05) is 6.26 Å². The summed E-state index contributed by atoms with van der Waals surface area (Å²) in [6.45, 7) is 2.02. The van der Waals surface area contributed by atoms with Crippen LogP contribution in [0.25, 0.3) is 0 Å². The van der Waals surface area contributed by atoms with Gasteiger partial charge in [0, 0.05) is 34.1 Å². The Bertz CT molecular complexity index is 683. The second-order valence-corrected chi connectivity index (χ2v) is 6.12. The highest BCUT2D eigenvalue weighted by molar-refractivity contribution is 7.84. The van der Waals surface area contributed by atoms with Gasteiger partial charge in [-0.25, -0.2) is 4.39 Å². The lowest BCUT2D eigenvalue weighted by molar-refractivity contribution is 0.0951. The molecule has 1 unspecified atom stereocenters. The molecule has 0 aromatic heterocycles. The van der Waals surface area contributed by atoms with E-state index in [0.717, 1.165) is 5.56 Å². The molecule has 0 heterocycles. The van der Waals surface area contributed by atoms with Crippen molar-refractivity contribution in [2.24, 2.45) is 0 Å². The van der Waals surface area contributed by atoms with Crippen molar-refractivity contribution in [3.8, 4) is 0 Å². The van der Waals surface area contributed by atoms with Gasteiger partial charge in [-0.2, -0.15) is 0 Å². The topological polar surface area (TPSA) is 46.2 Å². The Hall–Kier alpha value is -2.01. The molecule has 0 fully saturated rings. The van der Waals surface area contributed by atoms with Gasteiger partial charge < -0.3 is 5.32 Å². The summed E-state index contributed by atoms with van der Waals surface area (Å²) in [4.78, 5) is 12.7. The van der Waals surface area contributed by atoms with Gasteiger partial charge in [0.05, 0.1) is 0 Å². The van der Waals surface area contributed by atoms with E-state index in [4.69, 9.17) is 0 Å². The fraction of sp³-hybridized carbons (Fsp3) is 0.188. The van der Waals surface area contributed by atoms with E-state index >= 15 is 0 Å². The smallest absolute Gasteiger partial charge is 0.251 e. The lowest BCUT2D eigenvalue weighted by atomic mass is 10.1. The third-order valence-corrected chi connectivity index (χ3v) is 4.06. The van der Waals surface area contributed by atoms with Crippen LogP contribution < -0.4 is 5.32 Å². The van der Waals surface area contributed by atoms with Crippen molar-refractivity contribution in [3.63, 3.8) is 0 Å². The van der Waals surface area contributed by atoms with Crippen molar-refractivity contribution in [2.45, 2.75) is 18.4 Å². The average Bonchev–Trinajstić information content (AvgIpc) is 2.48. The normalized spacial score (nSPS) is 12.0. The second-order valence-electron chi connectivity index (χ2n) is 4.74. The van der Waals surface area contributed by atoms with Crippen molar-refractivity contribution in [1.29, 1.82) is 0 Å². The molecular formula is C16H16FNO2S. The Balaban J connectivity index is 2.01. The largest absolute Gasteiger partial charge is 0.348 e. The van der Waals surface area contributed by atoms with Gasteiger partial charge in [-0.15, -0.1) is 0 Å². The van der Waals surface area contributed by atoms with Gasteiger partial charge in [0.1, 0.15) is 5.82 Å². The van der Waals surface area contributed by atoms with E-state index in [1.54, 1.807) is 49.6 Å². The Kier molecular flexibility index (Phi) is 4.85. The highest BCUT2D eigenvalue weighted by atomic mass is 32.2. The molecule has 0 bridgehead atoms. The Morgan fingerprint density at radius 2 is 1.86 bits per heavy atom. The van der Waals surface area contributed by atoms with E-state index in [-0.39, 0.29) is 11.7 Å². The first-order chi connectivity index (χ1) is 9.97. The van der Waals surface area contributed by atoms with Crippen molar-refractivity contribution in [3.05, 3.63) is 65.0 Å². The first-order valence-corrected chi connectivity index (χ1v) is 8.00. The lowest BCUT2D eigenvalue weighted by Gasteiger charge is -2.07. The van der Waals surface area contributed by atoms with Gasteiger partial charge in [-0.3, -0.25) is 9.00 Å². The van der Waals surface area contributed by atoms with E-state index in [1.807, 2.05) is 0 Å². The number of hydrogen-bond acceptors (Lipinski definition) is 2. The number of halogens is 1. The van der Waals surface area contributed by atoms with Crippen LogP contribution in [0.1, 0.15) is 21.5 Å². The SMILES string of the molecule is Cc1cc(CNC(=O)c2ccc(S(C)=O)cc2)ccc1F. The van der Waals surface area contributed by atoms with Gasteiger partial charge in [-0.05, 0) is 48.4 Å². The second kappa shape index (κ2) is 6.63. The first kappa shape index (κ1) is 15.4. The number of carbonyl (C=O) groups is 1. The van der Waals surface area contributed by atoms with Crippen LogP contribution in [-0.2, 0) is 17.3 Å². The van der Waals surface area contributed by atoms with Crippen LogP contribution in [0.2, 0.25) is 0 Å². The van der Waals surface area contributed by atoms with E-state index < -0.39 is 10.8 Å². The molecule has 0 aliphatic rings. The summed E-state index contributed by atoms with van der Waals surface area (Å²) in [5.41, 5.74) is 1.90. The van der Waals surface area contributed by atoms with Crippen molar-refractivity contribution < 1.29 is 13.4 Å². The number of benzene rings is 2. The van der Waals surface area contributed by atoms with Gasteiger partial charge in [0.2, 0.25) is 0 Å². The number of amides is 1. The molecule has 5 heteroatoms. The van der Waals surface area contributed by atoms with Crippen LogP contribution in [-0.4, -0.2) is 16.4 Å². The molecule has 0 saturated carbocycles. The van der Waals surface area contributed by atoms with E-state index in [1.165, 1.54) is 6.07 Å². The number of hydrogen-bond donors (Lipinski definition) is 1. The molecule has 0 saturated heterocycles. The zero-order valence-corrected chi connectivity index (χ0v) is 12.7. The third kappa shape index (κ3) is 3.98. The van der Waals surface area contributed by atoms with Gasteiger partial charge >= 0.3 is 0 Å². The molecule has 110 valence electrons. The van der Waals surface area contributed by atoms with Crippen LogP contribution in [0.5, 0.6) is 0 Å². The molecule has 1 amide bonds. The maximum atomic E-state index is 13.2. The highest BCUT2D eigenvalue weighted by Crippen LogP contribution is 2.10. The maximum absolute atomic E-state index is 13.2.